The number of benzene rings is 1. The third-order valence-corrected chi connectivity index (χ3v) is 4.45. The minimum Gasteiger partial charge on any atom is -0.481 e. The first-order valence-electron chi connectivity index (χ1n) is 8.13. The maximum Gasteiger partial charge on any atom is 0.322 e. The number of nitrogens with zero attached hydrogens (tertiary/aromatic N) is 3. The number of carboxylic acids is 1. The first kappa shape index (κ1) is 17.8. The molecule has 9 heteroatoms. The van der Waals surface area contributed by atoms with Crippen LogP contribution in [0, 0.1) is 17.6 Å². The molecule has 2 N–H and O–H groups in total. The van der Waals surface area contributed by atoms with Gasteiger partial charge in [-0.1, -0.05) is 0 Å². The summed E-state index contributed by atoms with van der Waals surface area (Å²) >= 11 is 0. The highest BCUT2D eigenvalue weighted by Crippen LogP contribution is 2.25. The van der Waals surface area contributed by atoms with E-state index >= 15 is 0 Å². The van der Waals surface area contributed by atoms with Crippen molar-refractivity contribution in [3.05, 3.63) is 35.9 Å². The molecule has 1 aromatic carbocycles. The number of urea groups is 1. The van der Waals surface area contributed by atoms with E-state index in [4.69, 9.17) is 5.11 Å². The molecule has 1 aromatic heterocycles. The fourth-order valence-electron chi connectivity index (χ4n) is 2.93. The Hall–Kier alpha value is -2.97. The Morgan fingerprint density at radius 3 is 2.54 bits per heavy atom. The Labute approximate surface area is 148 Å². The molecule has 0 saturated carbocycles. The van der Waals surface area contributed by atoms with Crippen LogP contribution in [-0.4, -0.2) is 44.9 Å². The number of carbonyl (C=O) groups is 2. The smallest absolute Gasteiger partial charge is 0.322 e. The number of halogens is 2. The van der Waals surface area contributed by atoms with Crippen molar-refractivity contribution in [1.82, 2.24) is 14.7 Å². The molecule has 7 nitrogen and oxygen atoms in total. The second-order valence-electron chi connectivity index (χ2n) is 6.19. The van der Waals surface area contributed by atoms with Crippen molar-refractivity contribution in [2.24, 2.45) is 13.0 Å². The fourth-order valence-corrected chi connectivity index (χ4v) is 2.93. The van der Waals surface area contributed by atoms with E-state index in [1.165, 1.54) is 21.7 Å². The molecule has 0 radical (unpaired) electrons. The van der Waals surface area contributed by atoms with E-state index in [1.54, 1.807) is 7.05 Å². The molecule has 138 valence electrons. The summed E-state index contributed by atoms with van der Waals surface area (Å²) < 4.78 is 28.3. The van der Waals surface area contributed by atoms with E-state index in [2.05, 4.69) is 10.4 Å². The lowest BCUT2D eigenvalue weighted by Crippen LogP contribution is -2.42. The minimum atomic E-state index is -0.845. The summed E-state index contributed by atoms with van der Waals surface area (Å²) in [7, 11) is 1.59. The number of hydrogen-bond acceptors (Lipinski definition) is 3. The third-order valence-electron chi connectivity index (χ3n) is 4.45. The monoisotopic (exact) mass is 364 g/mol. The van der Waals surface area contributed by atoms with Crippen molar-refractivity contribution in [3.8, 4) is 11.3 Å². The maximum absolute atomic E-state index is 13.9. The highest BCUT2D eigenvalue weighted by Gasteiger charge is 2.27. The number of rotatable bonds is 3. The molecule has 0 atom stereocenters. The quantitative estimate of drug-likeness (QED) is 0.877. The normalized spacial score (nSPS) is 15.1. The largest absolute Gasteiger partial charge is 0.481 e. The topological polar surface area (TPSA) is 87.5 Å². The first-order valence-corrected chi connectivity index (χ1v) is 8.13. The lowest BCUT2D eigenvalue weighted by atomic mass is 9.97. The highest BCUT2D eigenvalue weighted by molar-refractivity contribution is 5.89. The van der Waals surface area contributed by atoms with Crippen LogP contribution >= 0.6 is 0 Å². The van der Waals surface area contributed by atoms with Crippen molar-refractivity contribution in [1.29, 1.82) is 0 Å². The second kappa shape index (κ2) is 7.11. The van der Waals surface area contributed by atoms with Crippen molar-refractivity contribution in [2.45, 2.75) is 12.8 Å². The van der Waals surface area contributed by atoms with Crippen molar-refractivity contribution in [3.63, 3.8) is 0 Å². The summed E-state index contributed by atoms with van der Waals surface area (Å²) in [6, 6.07) is 4.32. The third kappa shape index (κ3) is 3.66. The van der Waals surface area contributed by atoms with Gasteiger partial charge in [-0.2, -0.15) is 5.10 Å². The van der Waals surface area contributed by atoms with Crippen molar-refractivity contribution < 1.29 is 23.5 Å². The molecular formula is C17H18F2N4O3. The molecule has 1 fully saturated rings. The van der Waals surface area contributed by atoms with Gasteiger partial charge in [0.2, 0.25) is 0 Å². The number of aryl methyl sites for hydroxylation is 1. The second-order valence-corrected chi connectivity index (χ2v) is 6.19. The van der Waals surface area contributed by atoms with Crippen LogP contribution in [-0.2, 0) is 11.8 Å². The Kier molecular flexibility index (Phi) is 4.88. The Morgan fingerprint density at radius 1 is 1.23 bits per heavy atom. The SMILES string of the molecule is Cn1nc(-c2ccc(F)cc2F)cc1NC(=O)N1CCC(C(=O)O)CC1. The Balaban J connectivity index is 1.70. The zero-order valence-electron chi connectivity index (χ0n) is 14.1. The van der Waals surface area contributed by atoms with E-state index in [0.29, 0.717) is 31.7 Å². The van der Waals surface area contributed by atoms with Crippen LogP contribution < -0.4 is 5.32 Å². The van der Waals surface area contributed by atoms with Gasteiger partial charge in [-0.05, 0) is 25.0 Å². The molecule has 0 spiro atoms. The van der Waals surface area contributed by atoms with Crippen molar-refractivity contribution >= 4 is 17.8 Å². The van der Waals surface area contributed by atoms with Gasteiger partial charge in [-0.3, -0.25) is 14.8 Å². The highest BCUT2D eigenvalue weighted by atomic mass is 19.1. The standard InChI is InChI=1S/C17H18F2N4O3/c1-22-15(9-14(21-22)12-3-2-11(18)8-13(12)19)20-17(26)23-6-4-10(5-7-23)16(24)25/h2-3,8-10H,4-7H2,1H3,(H,20,26)(H,24,25). The van der Waals surface area contributed by atoms with Gasteiger partial charge in [-0.15, -0.1) is 0 Å². The number of hydrogen-bond donors (Lipinski definition) is 2. The van der Waals surface area contributed by atoms with Crippen LogP contribution in [0.3, 0.4) is 0 Å². The number of nitrogens with one attached hydrogen (secondary N) is 1. The van der Waals surface area contributed by atoms with Gasteiger partial charge in [0.15, 0.2) is 0 Å². The number of anilines is 1. The number of likely N-dealkylation sites (tertiary alicyclic amines) is 1. The fraction of sp³-hybridized carbons (Fsp3) is 0.353. The number of amides is 2. The van der Waals surface area contributed by atoms with Gasteiger partial charge < -0.3 is 10.0 Å². The summed E-state index contributed by atoms with van der Waals surface area (Å²) in [4.78, 5) is 24.9. The van der Waals surface area contributed by atoms with Gasteiger partial charge in [0.05, 0.1) is 11.6 Å². The van der Waals surface area contributed by atoms with Crippen LogP contribution in [0.25, 0.3) is 11.3 Å². The summed E-state index contributed by atoms with van der Waals surface area (Å²) in [5, 5.41) is 15.8. The number of aromatic nitrogens is 2. The summed E-state index contributed by atoms with van der Waals surface area (Å²) in [6.07, 6.45) is 0.806. The van der Waals surface area contributed by atoms with E-state index in [1.807, 2.05) is 0 Å². The van der Waals surface area contributed by atoms with Gasteiger partial charge in [-0.25, -0.2) is 13.6 Å². The summed E-state index contributed by atoms with van der Waals surface area (Å²) in [6.45, 7) is 0.695. The molecule has 1 aliphatic heterocycles. The number of carboxylic acid groups (broad SMARTS) is 1. The molecule has 3 rings (SSSR count). The molecule has 1 saturated heterocycles. The average molecular weight is 364 g/mol. The zero-order chi connectivity index (χ0) is 18.8. The lowest BCUT2D eigenvalue weighted by molar-refractivity contribution is -0.143. The van der Waals surface area contributed by atoms with E-state index in [9.17, 15) is 18.4 Å². The Bertz CT molecular complexity index is 845. The molecule has 1 aliphatic rings. The maximum atomic E-state index is 13.9. The molecule has 26 heavy (non-hydrogen) atoms. The number of piperidine rings is 1. The Morgan fingerprint density at radius 2 is 1.92 bits per heavy atom. The molecule has 2 aromatic rings. The molecule has 0 aliphatic carbocycles. The van der Waals surface area contributed by atoms with Crippen LogP contribution in [0.15, 0.2) is 24.3 Å². The molecule has 2 heterocycles. The molecule has 0 bridgehead atoms. The summed E-state index contributed by atoms with van der Waals surface area (Å²) in [5.74, 6) is -2.34. The van der Waals surface area contributed by atoms with E-state index < -0.39 is 23.5 Å². The number of carbonyl (C=O) groups excluding carboxylic acids is 1. The van der Waals surface area contributed by atoms with Gasteiger partial charge in [0.1, 0.15) is 17.5 Å². The first-order chi connectivity index (χ1) is 12.3. The zero-order valence-corrected chi connectivity index (χ0v) is 14.1. The van der Waals surface area contributed by atoms with E-state index in [-0.39, 0.29) is 17.3 Å². The lowest BCUT2D eigenvalue weighted by Gasteiger charge is -2.30. The predicted octanol–water partition coefficient (Wildman–Crippen LogP) is 2.69. The summed E-state index contributed by atoms with van der Waals surface area (Å²) in [5.41, 5.74) is 0.398. The molecule has 0 unspecified atom stereocenters. The van der Waals surface area contributed by atoms with Crippen LogP contribution in [0.4, 0.5) is 19.4 Å². The predicted molar refractivity (Wildman–Crippen MR) is 89.5 cm³/mol. The van der Waals surface area contributed by atoms with Crippen LogP contribution in [0.5, 0.6) is 0 Å². The van der Waals surface area contributed by atoms with Gasteiger partial charge in [0, 0.05) is 37.8 Å². The number of aliphatic carboxylic acids is 1. The van der Waals surface area contributed by atoms with Gasteiger partial charge >= 0.3 is 12.0 Å². The van der Waals surface area contributed by atoms with Gasteiger partial charge in [0.25, 0.3) is 0 Å². The average Bonchev–Trinajstić information content (AvgIpc) is 2.95. The van der Waals surface area contributed by atoms with Crippen LogP contribution in [0.1, 0.15) is 12.8 Å². The molecule has 2 amide bonds. The minimum absolute atomic E-state index is 0.129. The molecular weight excluding hydrogens is 346 g/mol. The van der Waals surface area contributed by atoms with Crippen LogP contribution in [0.2, 0.25) is 0 Å². The van der Waals surface area contributed by atoms with E-state index in [0.717, 1.165) is 12.1 Å². The van der Waals surface area contributed by atoms with Crippen molar-refractivity contribution in [2.75, 3.05) is 18.4 Å².